The molecule has 0 bridgehead atoms. The van der Waals surface area contributed by atoms with Crippen LogP contribution in [-0.4, -0.2) is 12.5 Å². The Labute approximate surface area is 82.1 Å². The second-order valence-electron chi connectivity index (χ2n) is 3.56. The number of carbonyl (C=O) groups excluding carboxylic acids is 1. The van der Waals surface area contributed by atoms with Crippen LogP contribution in [0, 0.1) is 5.82 Å². The van der Waals surface area contributed by atoms with Crippen LogP contribution in [-0.2, 0) is 4.79 Å². The number of rotatable bonds is 1. The lowest BCUT2D eigenvalue weighted by molar-refractivity contribution is -0.122. The normalized spacial score (nSPS) is 21.8. The van der Waals surface area contributed by atoms with E-state index in [9.17, 15) is 9.18 Å². The number of halogens is 1. The average molecular weight is 193 g/mol. The number of amides is 1. The highest BCUT2D eigenvalue weighted by atomic mass is 19.1. The molecule has 3 heteroatoms. The Bertz CT molecular complexity index is 341. The Morgan fingerprint density at radius 3 is 2.79 bits per heavy atom. The highest BCUT2D eigenvalue weighted by molar-refractivity contribution is 5.76. The lowest BCUT2D eigenvalue weighted by atomic mass is 9.91. The second-order valence-corrected chi connectivity index (χ2v) is 3.56. The molecular weight excluding hydrogens is 181 g/mol. The maximum absolute atomic E-state index is 13.4. The van der Waals surface area contributed by atoms with Crippen LogP contribution in [0.2, 0.25) is 0 Å². The first kappa shape index (κ1) is 9.19. The van der Waals surface area contributed by atoms with E-state index in [1.807, 2.05) is 6.07 Å². The van der Waals surface area contributed by atoms with Gasteiger partial charge in [0.05, 0.1) is 0 Å². The van der Waals surface area contributed by atoms with Gasteiger partial charge < -0.3 is 5.32 Å². The van der Waals surface area contributed by atoms with Crippen LogP contribution in [0.1, 0.15) is 24.3 Å². The summed E-state index contributed by atoms with van der Waals surface area (Å²) in [5.41, 5.74) is 0.715. The maximum Gasteiger partial charge on any atom is 0.220 e. The molecule has 14 heavy (non-hydrogen) atoms. The van der Waals surface area contributed by atoms with Gasteiger partial charge in [-0.2, -0.15) is 0 Å². The summed E-state index contributed by atoms with van der Waals surface area (Å²) < 4.78 is 13.4. The van der Waals surface area contributed by atoms with Gasteiger partial charge in [0.25, 0.3) is 0 Å². The molecule has 1 saturated heterocycles. The molecule has 1 N–H and O–H groups in total. The molecule has 1 fully saturated rings. The maximum atomic E-state index is 13.4. The molecule has 2 nitrogen and oxygen atoms in total. The summed E-state index contributed by atoms with van der Waals surface area (Å²) >= 11 is 0. The number of benzene rings is 1. The number of hydrogen-bond acceptors (Lipinski definition) is 1. The minimum atomic E-state index is -0.173. The van der Waals surface area contributed by atoms with Crippen LogP contribution in [0.25, 0.3) is 0 Å². The van der Waals surface area contributed by atoms with Gasteiger partial charge in [-0.1, -0.05) is 18.2 Å². The van der Waals surface area contributed by atoms with Crippen LogP contribution in [0.4, 0.5) is 4.39 Å². The highest BCUT2D eigenvalue weighted by Gasteiger charge is 2.21. The molecule has 1 aromatic carbocycles. The molecule has 0 spiro atoms. The molecule has 2 rings (SSSR count). The minimum Gasteiger partial charge on any atom is -0.355 e. The van der Waals surface area contributed by atoms with Crippen molar-refractivity contribution in [1.82, 2.24) is 5.32 Å². The van der Waals surface area contributed by atoms with Gasteiger partial charge in [0.2, 0.25) is 5.91 Å². The molecule has 0 saturated carbocycles. The predicted octanol–water partition coefficient (Wildman–Crippen LogP) is 1.82. The average Bonchev–Trinajstić information content (AvgIpc) is 2.20. The molecular formula is C11H12FNO. The zero-order chi connectivity index (χ0) is 9.97. The van der Waals surface area contributed by atoms with Crippen LogP contribution < -0.4 is 5.32 Å². The second kappa shape index (κ2) is 3.78. The van der Waals surface area contributed by atoms with Crippen LogP contribution in [0.3, 0.4) is 0 Å². The quantitative estimate of drug-likeness (QED) is 0.724. The molecule has 0 aromatic heterocycles. The summed E-state index contributed by atoms with van der Waals surface area (Å²) in [6.07, 6.45) is 1.24. The van der Waals surface area contributed by atoms with Crippen molar-refractivity contribution in [3.8, 4) is 0 Å². The zero-order valence-corrected chi connectivity index (χ0v) is 7.79. The first-order valence-electron chi connectivity index (χ1n) is 4.78. The summed E-state index contributed by atoms with van der Waals surface area (Å²) in [4.78, 5) is 10.9. The Morgan fingerprint density at radius 2 is 2.14 bits per heavy atom. The van der Waals surface area contributed by atoms with Crippen molar-refractivity contribution >= 4 is 5.91 Å². The topological polar surface area (TPSA) is 29.1 Å². The first-order chi connectivity index (χ1) is 6.77. The first-order valence-corrected chi connectivity index (χ1v) is 4.78. The lowest BCUT2D eigenvalue weighted by Gasteiger charge is -2.22. The number of piperidine rings is 1. The third-order valence-corrected chi connectivity index (χ3v) is 2.61. The van der Waals surface area contributed by atoms with E-state index in [1.165, 1.54) is 6.07 Å². The molecule has 1 aliphatic heterocycles. The van der Waals surface area contributed by atoms with Gasteiger partial charge in [-0.3, -0.25) is 4.79 Å². The lowest BCUT2D eigenvalue weighted by Crippen LogP contribution is -2.33. The van der Waals surface area contributed by atoms with E-state index in [1.54, 1.807) is 12.1 Å². The fourth-order valence-electron chi connectivity index (χ4n) is 1.80. The SMILES string of the molecule is O=C1CC[C@H](c2ccccc2F)CN1. The Balaban J connectivity index is 2.16. The van der Waals surface area contributed by atoms with Crippen LogP contribution in [0.5, 0.6) is 0 Å². The minimum absolute atomic E-state index is 0.0672. The molecule has 74 valence electrons. The van der Waals surface area contributed by atoms with E-state index in [0.29, 0.717) is 18.5 Å². The monoisotopic (exact) mass is 193 g/mol. The summed E-state index contributed by atoms with van der Waals surface area (Å²) in [5.74, 6) is 0.0279. The van der Waals surface area contributed by atoms with Crippen molar-refractivity contribution < 1.29 is 9.18 Å². The molecule has 1 amide bonds. The molecule has 1 aliphatic rings. The Hall–Kier alpha value is -1.38. The van der Waals surface area contributed by atoms with Crippen LogP contribution >= 0.6 is 0 Å². The molecule has 1 atom stereocenters. The fourth-order valence-corrected chi connectivity index (χ4v) is 1.80. The van der Waals surface area contributed by atoms with E-state index in [2.05, 4.69) is 5.32 Å². The van der Waals surface area contributed by atoms with E-state index in [4.69, 9.17) is 0 Å². The third kappa shape index (κ3) is 1.76. The van der Waals surface area contributed by atoms with E-state index < -0.39 is 0 Å². The summed E-state index contributed by atoms with van der Waals surface area (Å²) in [6.45, 7) is 0.555. The summed E-state index contributed by atoms with van der Waals surface area (Å²) in [7, 11) is 0. The van der Waals surface area contributed by atoms with Gasteiger partial charge in [0.1, 0.15) is 5.82 Å². The molecule has 0 radical (unpaired) electrons. The van der Waals surface area contributed by atoms with E-state index >= 15 is 0 Å². The Morgan fingerprint density at radius 1 is 1.36 bits per heavy atom. The van der Waals surface area contributed by atoms with E-state index in [0.717, 1.165) is 6.42 Å². The van der Waals surface area contributed by atoms with Gasteiger partial charge in [-0.05, 0) is 18.1 Å². The summed E-state index contributed by atoms with van der Waals surface area (Å²) in [5, 5.41) is 2.75. The molecule has 1 aromatic rings. The van der Waals surface area contributed by atoms with Gasteiger partial charge in [-0.25, -0.2) is 4.39 Å². The van der Waals surface area contributed by atoms with Crippen molar-refractivity contribution in [3.05, 3.63) is 35.6 Å². The van der Waals surface area contributed by atoms with Gasteiger partial charge >= 0.3 is 0 Å². The highest BCUT2D eigenvalue weighted by Crippen LogP contribution is 2.25. The number of nitrogens with one attached hydrogen (secondary N) is 1. The number of carbonyl (C=O) groups is 1. The largest absolute Gasteiger partial charge is 0.355 e. The standard InChI is InChI=1S/C11H12FNO/c12-10-4-2-1-3-9(10)8-5-6-11(14)13-7-8/h1-4,8H,5-7H2,(H,13,14)/t8-/m0/s1. The molecule has 0 aliphatic carbocycles. The van der Waals surface area contributed by atoms with Crippen molar-refractivity contribution in [2.75, 3.05) is 6.54 Å². The molecule has 1 heterocycles. The molecule has 0 unspecified atom stereocenters. The third-order valence-electron chi connectivity index (χ3n) is 2.61. The smallest absolute Gasteiger partial charge is 0.220 e. The summed E-state index contributed by atoms with van der Waals surface area (Å²) in [6, 6.07) is 6.76. The Kier molecular flexibility index (Phi) is 2.48. The zero-order valence-electron chi connectivity index (χ0n) is 7.79. The number of hydrogen-bond donors (Lipinski definition) is 1. The van der Waals surface area contributed by atoms with Crippen LogP contribution in [0.15, 0.2) is 24.3 Å². The van der Waals surface area contributed by atoms with Crippen molar-refractivity contribution in [2.45, 2.75) is 18.8 Å². The van der Waals surface area contributed by atoms with Crippen molar-refractivity contribution in [1.29, 1.82) is 0 Å². The van der Waals surface area contributed by atoms with Crippen molar-refractivity contribution in [2.24, 2.45) is 0 Å². The van der Waals surface area contributed by atoms with Gasteiger partial charge in [0.15, 0.2) is 0 Å². The van der Waals surface area contributed by atoms with Gasteiger partial charge in [-0.15, -0.1) is 0 Å². The fraction of sp³-hybridized carbons (Fsp3) is 0.364. The predicted molar refractivity (Wildman–Crippen MR) is 51.4 cm³/mol. The van der Waals surface area contributed by atoms with Crippen molar-refractivity contribution in [3.63, 3.8) is 0 Å². The van der Waals surface area contributed by atoms with E-state index in [-0.39, 0.29) is 17.6 Å². The van der Waals surface area contributed by atoms with Gasteiger partial charge in [0, 0.05) is 18.9 Å².